The summed E-state index contributed by atoms with van der Waals surface area (Å²) in [4.78, 5) is 15.8. The van der Waals surface area contributed by atoms with E-state index in [1.165, 1.54) is 6.07 Å². The van der Waals surface area contributed by atoms with Crippen molar-refractivity contribution in [1.29, 1.82) is 0 Å². The minimum Gasteiger partial charge on any atom is -0.497 e. The summed E-state index contributed by atoms with van der Waals surface area (Å²) in [5.41, 5.74) is 3.81. The van der Waals surface area contributed by atoms with Crippen LogP contribution in [0.3, 0.4) is 0 Å². The van der Waals surface area contributed by atoms with Crippen molar-refractivity contribution in [2.24, 2.45) is 0 Å². The lowest BCUT2D eigenvalue weighted by Crippen LogP contribution is -2.30. The van der Waals surface area contributed by atoms with E-state index < -0.39 is 15.9 Å². The predicted octanol–water partition coefficient (Wildman–Crippen LogP) is 4.34. The maximum absolute atomic E-state index is 12.4. The Bertz CT molecular complexity index is 1270. The number of thiophene rings is 1. The third-order valence-corrected chi connectivity index (χ3v) is 7.57. The summed E-state index contributed by atoms with van der Waals surface area (Å²) >= 11 is 1.07. The Morgan fingerprint density at radius 2 is 1.83 bits per heavy atom. The molecule has 0 radical (unpaired) electrons. The first kappa shape index (κ1) is 20.2. The average molecular weight is 441 g/mol. The van der Waals surface area contributed by atoms with Crippen LogP contribution in [-0.4, -0.2) is 26.4 Å². The van der Waals surface area contributed by atoms with Crippen molar-refractivity contribution in [3.05, 3.63) is 71.6 Å². The molecule has 0 bridgehead atoms. The molecule has 6 nitrogen and oxygen atoms in total. The molecule has 1 amide bonds. The molecule has 0 saturated heterocycles. The Balaban J connectivity index is 1.59. The second-order valence-electron chi connectivity index (χ2n) is 6.71. The first-order valence-electron chi connectivity index (χ1n) is 9.31. The van der Waals surface area contributed by atoms with Gasteiger partial charge < -0.3 is 9.72 Å². The second-order valence-corrected chi connectivity index (χ2v) is 9.57. The van der Waals surface area contributed by atoms with E-state index in [0.29, 0.717) is 6.42 Å². The molecular weight excluding hydrogens is 420 g/mol. The van der Waals surface area contributed by atoms with Crippen molar-refractivity contribution in [1.82, 2.24) is 9.71 Å². The van der Waals surface area contributed by atoms with Crippen LogP contribution in [0.1, 0.15) is 12.0 Å². The van der Waals surface area contributed by atoms with Gasteiger partial charge in [-0.05, 0) is 59.3 Å². The molecule has 8 heteroatoms. The van der Waals surface area contributed by atoms with E-state index in [0.717, 1.165) is 44.8 Å². The van der Waals surface area contributed by atoms with E-state index in [4.69, 9.17) is 4.74 Å². The number of H-pyrrole nitrogens is 1. The third-order valence-electron chi connectivity index (χ3n) is 4.80. The molecule has 154 valence electrons. The van der Waals surface area contributed by atoms with E-state index in [-0.39, 0.29) is 10.6 Å². The van der Waals surface area contributed by atoms with Crippen LogP contribution in [0.5, 0.6) is 5.75 Å². The number of fused-ring (bicyclic) bond motifs is 1. The molecular formula is C22H20N2O4S2. The van der Waals surface area contributed by atoms with Gasteiger partial charge in [0, 0.05) is 23.0 Å². The Morgan fingerprint density at radius 1 is 1.07 bits per heavy atom. The largest absolute Gasteiger partial charge is 0.497 e. The van der Waals surface area contributed by atoms with Crippen molar-refractivity contribution >= 4 is 38.2 Å². The number of hydrogen-bond donors (Lipinski definition) is 2. The fourth-order valence-electron chi connectivity index (χ4n) is 3.37. The van der Waals surface area contributed by atoms with E-state index in [9.17, 15) is 13.2 Å². The molecule has 0 unspecified atom stereocenters. The lowest BCUT2D eigenvalue weighted by atomic mass is 10.0. The molecule has 2 N–H and O–H groups in total. The van der Waals surface area contributed by atoms with Gasteiger partial charge in [-0.15, -0.1) is 11.3 Å². The number of sulfonamides is 1. The maximum atomic E-state index is 12.4. The summed E-state index contributed by atoms with van der Waals surface area (Å²) in [6.45, 7) is 0. The first-order chi connectivity index (χ1) is 14.5. The third kappa shape index (κ3) is 4.10. The lowest BCUT2D eigenvalue weighted by molar-refractivity contribution is -0.119. The van der Waals surface area contributed by atoms with Crippen LogP contribution in [0.15, 0.2) is 70.3 Å². The fourth-order valence-corrected chi connectivity index (χ4v) is 5.38. The molecule has 0 atom stereocenters. The molecule has 2 aromatic carbocycles. The standard InChI is InChI=1S/C22H20N2O4S2/c1-28-16-10-8-15(9-11-16)22-18(17-5-2-3-6-19(17)23-22)12-13-20(25)24-30(26,27)21-7-4-14-29-21/h2-11,14,23H,12-13H2,1H3,(H,24,25). The Labute approximate surface area is 178 Å². The molecule has 0 aliphatic carbocycles. The molecule has 30 heavy (non-hydrogen) atoms. The first-order valence-corrected chi connectivity index (χ1v) is 11.7. The Kier molecular flexibility index (Phi) is 5.61. The zero-order valence-corrected chi connectivity index (χ0v) is 17.8. The van der Waals surface area contributed by atoms with Crippen molar-refractivity contribution in [3.63, 3.8) is 0 Å². The monoisotopic (exact) mass is 440 g/mol. The number of ether oxygens (including phenoxy) is 1. The summed E-state index contributed by atoms with van der Waals surface area (Å²) < 4.78 is 32.1. The van der Waals surface area contributed by atoms with Crippen LogP contribution in [-0.2, 0) is 21.2 Å². The highest BCUT2D eigenvalue weighted by Gasteiger charge is 2.20. The topological polar surface area (TPSA) is 88.3 Å². The Morgan fingerprint density at radius 3 is 2.53 bits per heavy atom. The Hall–Kier alpha value is -3.10. The quantitative estimate of drug-likeness (QED) is 0.447. The van der Waals surface area contributed by atoms with Crippen LogP contribution >= 0.6 is 11.3 Å². The van der Waals surface area contributed by atoms with Gasteiger partial charge in [-0.3, -0.25) is 4.79 Å². The van der Waals surface area contributed by atoms with Gasteiger partial charge in [0.05, 0.1) is 7.11 Å². The van der Waals surface area contributed by atoms with E-state index >= 15 is 0 Å². The molecule has 0 aliphatic rings. The van der Waals surface area contributed by atoms with Gasteiger partial charge in [0.1, 0.15) is 9.96 Å². The molecule has 4 aromatic rings. The number of aromatic amines is 1. The predicted molar refractivity (Wildman–Crippen MR) is 118 cm³/mol. The van der Waals surface area contributed by atoms with Crippen LogP contribution in [0.25, 0.3) is 22.2 Å². The highest BCUT2D eigenvalue weighted by molar-refractivity contribution is 7.92. The highest BCUT2D eigenvalue weighted by atomic mass is 32.2. The number of para-hydroxylation sites is 1. The maximum Gasteiger partial charge on any atom is 0.273 e. The normalized spacial score (nSPS) is 11.5. The van der Waals surface area contributed by atoms with Crippen LogP contribution in [0, 0.1) is 0 Å². The lowest BCUT2D eigenvalue weighted by Gasteiger charge is -2.08. The number of benzene rings is 2. The summed E-state index contributed by atoms with van der Waals surface area (Å²) in [5, 5.41) is 2.67. The van der Waals surface area contributed by atoms with Gasteiger partial charge >= 0.3 is 0 Å². The van der Waals surface area contributed by atoms with Gasteiger partial charge in [0.2, 0.25) is 5.91 Å². The van der Waals surface area contributed by atoms with Crippen molar-refractivity contribution in [3.8, 4) is 17.0 Å². The van der Waals surface area contributed by atoms with Crippen molar-refractivity contribution < 1.29 is 17.9 Å². The number of methoxy groups -OCH3 is 1. The van der Waals surface area contributed by atoms with Crippen LogP contribution in [0.2, 0.25) is 0 Å². The fraction of sp³-hybridized carbons (Fsp3) is 0.136. The number of nitrogens with one attached hydrogen (secondary N) is 2. The zero-order valence-electron chi connectivity index (χ0n) is 16.2. The molecule has 2 heterocycles. The van der Waals surface area contributed by atoms with Gasteiger partial charge in [0.25, 0.3) is 10.0 Å². The van der Waals surface area contributed by atoms with Crippen LogP contribution in [0.4, 0.5) is 0 Å². The highest BCUT2D eigenvalue weighted by Crippen LogP contribution is 2.32. The molecule has 0 fully saturated rings. The van der Waals surface area contributed by atoms with Gasteiger partial charge in [0.15, 0.2) is 0 Å². The van der Waals surface area contributed by atoms with Crippen LogP contribution < -0.4 is 9.46 Å². The number of rotatable bonds is 7. The van der Waals surface area contributed by atoms with Gasteiger partial charge in [-0.1, -0.05) is 24.3 Å². The summed E-state index contributed by atoms with van der Waals surface area (Å²) in [5.74, 6) is 0.226. The molecule has 2 aromatic heterocycles. The van der Waals surface area contributed by atoms with E-state index in [2.05, 4.69) is 9.71 Å². The molecule has 4 rings (SSSR count). The number of amides is 1. The molecule has 0 spiro atoms. The van der Waals surface area contributed by atoms with E-state index in [1.807, 2.05) is 48.5 Å². The number of aromatic nitrogens is 1. The average Bonchev–Trinajstić information content (AvgIpc) is 3.41. The molecule has 0 saturated carbocycles. The minimum absolute atomic E-state index is 0.0512. The minimum atomic E-state index is -3.82. The summed E-state index contributed by atoms with van der Waals surface area (Å²) in [7, 11) is -2.21. The van der Waals surface area contributed by atoms with Crippen molar-refractivity contribution in [2.75, 3.05) is 7.11 Å². The number of aryl methyl sites for hydroxylation is 1. The number of hydrogen-bond acceptors (Lipinski definition) is 5. The number of carbonyl (C=O) groups excluding carboxylic acids is 1. The summed E-state index contributed by atoms with van der Waals surface area (Å²) in [6, 6.07) is 18.6. The van der Waals surface area contributed by atoms with Gasteiger partial charge in [-0.25, -0.2) is 13.1 Å². The van der Waals surface area contributed by atoms with Crippen molar-refractivity contribution in [2.45, 2.75) is 17.1 Å². The summed E-state index contributed by atoms with van der Waals surface area (Å²) in [6.07, 6.45) is 0.451. The second kappa shape index (κ2) is 8.33. The SMILES string of the molecule is COc1ccc(-c2[nH]c3ccccc3c2CCC(=O)NS(=O)(=O)c2cccs2)cc1. The van der Waals surface area contributed by atoms with Gasteiger partial charge in [-0.2, -0.15) is 0 Å². The molecule has 0 aliphatic heterocycles. The zero-order chi connectivity index (χ0) is 21.1. The van der Waals surface area contributed by atoms with E-state index in [1.54, 1.807) is 18.6 Å². The number of carbonyl (C=O) groups is 1. The smallest absolute Gasteiger partial charge is 0.273 e.